The maximum Gasteiger partial charge on any atom is 0.461 e. The van der Waals surface area contributed by atoms with Crippen molar-refractivity contribution in [1.29, 1.82) is 0 Å². The van der Waals surface area contributed by atoms with Gasteiger partial charge < -0.3 is 9.26 Å². The molecule has 0 heterocycles. The molecule has 6 nitrogen and oxygen atoms in total. The zero-order valence-corrected chi connectivity index (χ0v) is 18.4. The zero-order chi connectivity index (χ0) is 20.9. The molecule has 0 saturated heterocycles. The number of alkyl halides is 1. The van der Waals surface area contributed by atoms with E-state index in [0.717, 1.165) is 0 Å². The Morgan fingerprint density at radius 1 is 1.28 bits per heavy atom. The second-order valence-electron chi connectivity index (χ2n) is 6.91. The molecule has 3 atom stereocenters. The molecule has 29 heavy (non-hydrogen) atoms. The highest BCUT2D eigenvalue weighted by Gasteiger charge is 2.57. The molecule has 3 unspecified atom stereocenters. The highest BCUT2D eigenvalue weighted by Crippen LogP contribution is 2.60. The number of ether oxygens (including phenoxy) is 1. The molecule has 0 radical (unpaired) electrons. The lowest BCUT2D eigenvalue weighted by Gasteiger charge is -2.44. The molecular formula is C21H27ClNO5P. The summed E-state index contributed by atoms with van der Waals surface area (Å²) in [5.74, 6) is 0.260. The molecule has 0 bridgehead atoms. The van der Waals surface area contributed by atoms with Gasteiger partial charge in [-0.05, 0) is 24.6 Å². The summed E-state index contributed by atoms with van der Waals surface area (Å²) in [5.41, 5.74) is -0.505. The number of halogens is 1. The Labute approximate surface area is 177 Å². The molecule has 0 amide bonds. The van der Waals surface area contributed by atoms with Gasteiger partial charge in [0.25, 0.3) is 0 Å². The Bertz CT molecular complexity index is 824. The number of carbonyl (C=O) groups excluding carboxylic acids is 1. The fraction of sp³-hybridized carbons (Fsp3) is 0.476. The van der Waals surface area contributed by atoms with Crippen molar-refractivity contribution in [2.75, 3.05) is 25.6 Å². The van der Waals surface area contributed by atoms with Crippen LogP contribution in [-0.4, -0.2) is 41.8 Å². The third-order valence-corrected chi connectivity index (χ3v) is 7.62. The molecule has 0 aromatic heterocycles. The Hall–Kier alpha value is -1.59. The van der Waals surface area contributed by atoms with E-state index in [1.54, 1.807) is 28.9 Å². The number of rotatable bonds is 11. The second-order valence-corrected chi connectivity index (χ2v) is 9.23. The van der Waals surface area contributed by atoms with Gasteiger partial charge in [0.2, 0.25) is 0 Å². The lowest BCUT2D eigenvalue weighted by Crippen LogP contribution is -2.48. The molecule has 3 rings (SSSR count). The van der Waals surface area contributed by atoms with E-state index in [1.165, 1.54) is 0 Å². The standard InChI is InChI=1S/C21H27ClNO5P/c1-3-23(4-2)29(25,26-15-9-14-22)28-19-16-18-12-8-13-21(18,19)27-20(24)17-10-6-5-7-11-17/h5-8,10-12,16,18H,3-4,9,13-15H2,1-2H3. The van der Waals surface area contributed by atoms with Crippen LogP contribution in [0.5, 0.6) is 0 Å². The van der Waals surface area contributed by atoms with E-state index in [-0.39, 0.29) is 12.5 Å². The van der Waals surface area contributed by atoms with Gasteiger partial charge in [0.1, 0.15) is 5.76 Å². The van der Waals surface area contributed by atoms with Gasteiger partial charge in [0.15, 0.2) is 5.60 Å². The van der Waals surface area contributed by atoms with Gasteiger partial charge in [-0.3, -0.25) is 4.52 Å². The van der Waals surface area contributed by atoms with Gasteiger partial charge in [0.05, 0.1) is 12.2 Å². The third-order valence-electron chi connectivity index (χ3n) is 5.16. The summed E-state index contributed by atoms with van der Waals surface area (Å²) in [7, 11) is -3.60. The molecule has 0 N–H and O–H groups in total. The van der Waals surface area contributed by atoms with Crippen LogP contribution in [-0.2, 0) is 18.3 Å². The Morgan fingerprint density at radius 3 is 2.62 bits per heavy atom. The molecule has 2 aliphatic carbocycles. The van der Waals surface area contributed by atoms with Crippen molar-refractivity contribution in [3.63, 3.8) is 0 Å². The van der Waals surface area contributed by atoms with Gasteiger partial charge in [0, 0.05) is 31.3 Å². The van der Waals surface area contributed by atoms with Crippen LogP contribution in [0.2, 0.25) is 0 Å². The fourth-order valence-corrected chi connectivity index (χ4v) is 5.46. The van der Waals surface area contributed by atoms with Crippen LogP contribution in [0.25, 0.3) is 0 Å². The third kappa shape index (κ3) is 4.46. The SMILES string of the molecule is CCN(CC)P(=O)(OCCCCl)OC1=CC2C=CCC12OC(=O)c1ccccc1. The second kappa shape index (κ2) is 9.48. The van der Waals surface area contributed by atoms with Crippen LogP contribution in [0, 0.1) is 5.92 Å². The zero-order valence-electron chi connectivity index (χ0n) is 16.8. The van der Waals surface area contributed by atoms with Crippen LogP contribution < -0.4 is 0 Å². The van der Waals surface area contributed by atoms with E-state index in [0.29, 0.717) is 43.1 Å². The number of carbonyl (C=O) groups is 1. The molecule has 0 fully saturated rings. The van der Waals surface area contributed by atoms with Crippen molar-refractivity contribution in [1.82, 2.24) is 4.67 Å². The largest absolute Gasteiger partial charge is 0.461 e. The topological polar surface area (TPSA) is 65.1 Å². The van der Waals surface area contributed by atoms with E-state index in [1.807, 2.05) is 38.1 Å². The number of esters is 1. The summed E-state index contributed by atoms with van der Waals surface area (Å²) >= 11 is 5.73. The van der Waals surface area contributed by atoms with Crippen LogP contribution in [0.3, 0.4) is 0 Å². The maximum atomic E-state index is 13.6. The van der Waals surface area contributed by atoms with Crippen molar-refractivity contribution in [2.24, 2.45) is 5.92 Å². The quantitative estimate of drug-likeness (QED) is 0.156. The highest BCUT2D eigenvalue weighted by molar-refractivity contribution is 7.51. The normalized spacial score (nSPS) is 24.4. The molecule has 1 aromatic rings. The molecule has 8 heteroatoms. The first-order valence-corrected chi connectivity index (χ1v) is 11.9. The van der Waals surface area contributed by atoms with Gasteiger partial charge >= 0.3 is 13.7 Å². The van der Waals surface area contributed by atoms with Gasteiger partial charge in [-0.1, -0.05) is 44.2 Å². The lowest BCUT2D eigenvalue weighted by molar-refractivity contribution is -0.0417. The van der Waals surface area contributed by atoms with Crippen LogP contribution in [0.4, 0.5) is 0 Å². The van der Waals surface area contributed by atoms with Gasteiger partial charge in [-0.2, -0.15) is 4.67 Å². The summed E-state index contributed by atoms with van der Waals surface area (Å²) in [6, 6.07) is 8.81. The first kappa shape index (κ1) is 22.1. The smallest absolute Gasteiger partial charge is 0.446 e. The Morgan fingerprint density at radius 2 is 2.00 bits per heavy atom. The average Bonchev–Trinajstić information content (AvgIpc) is 3.04. The van der Waals surface area contributed by atoms with E-state index in [4.69, 9.17) is 25.4 Å². The summed E-state index contributed by atoms with van der Waals surface area (Å²) in [4.78, 5) is 12.7. The minimum Gasteiger partial charge on any atom is -0.446 e. The van der Waals surface area contributed by atoms with Gasteiger partial charge in [-0.25, -0.2) is 9.36 Å². The predicted molar refractivity (Wildman–Crippen MR) is 113 cm³/mol. The Kier molecular flexibility index (Phi) is 7.23. The lowest BCUT2D eigenvalue weighted by atomic mass is 9.77. The van der Waals surface area contributed by atoms with Crippen LogP contribution >= 0.6 is 19.3 Å². The molecule has 0 spiro atoms. The monoisotopic (exact) mass is 439 g/mol. The van der Waals surface area contributed by atoms with E-state index < -0.39 is 19.3 Å². The van der Waals surface area contributed by atoms with Crippen molar-refractivity contribution >= 4 is 25.3 Å². The summed E-state index contributed by atoms with van der Waals surface area (Å²) in [6.45, 7) is 5.01. The Balaban J connectivity index is 1.80. The molecule has 0 saturated carbocycles. The number of nitrogens with zero attached hydrogens (tertiary/aromatic N) is 1. The summed E-state index contributed by atoms with van der Waals surface area (Å²) in [6.07, 6.45) is 6.80. The predicted octanol–water partition coefficient (Wildman–Crippen LogP) is 5.17. The fourth-order valence-electron chi connectivity index (χ4n) is 3.50. The number of hydrogen-bond donors (Lipinski definition) is 0. The van der Waals surface area contributed by atoms with Crippen molar-refractivity contribution in [3.8, 4) is 0 Å². The van der Waals surface area contributed by atoms with E-state index in [2.05, 4.69) is 0 Å². The number of fused-ring (bicyclic) bond motifs is 1. The molecule has 158 valence electrons. The molecular weight excluding hydrogens is 413 g/mol. The highest BCUT2D eigenvalue weighted by atomic mass is 35.5. The maximum absolute atomic E-state index is 13.6. The molecule has 1 aromatic carbocycles. The number of hydrogen-bond acceptors (Lipinski definition) is 5. The number of benzene rings is 1. The van der Waals surface area contributed by atoms with Crippen LogP contribution in [0.1, 0.15) is 37.0 Å². The molecule has 2 aliphatic rings. The average molecular weight is 440 g/mol. The minimum absolute atomic E-state index is 0.0989. The summed E-state index contributed by atoms with van der Waals surface area (Å²) < 4.78 is 32.8. The first-order chi connectivity index (χ1) is 14.0. The van der Waals surface area contributed by atoms with E-state index in [9.17, 15) is 9.36 Å². The first-order valence-electron chi connectivity index (χ1n) is 9.92. The van der Waals surface area contributed by atoms with Crippen molar-refractivity contribution < 1.29 is 23.1 Å². The summed E-state index contributed by atoms with van der Waals surface area (Å²) in [5, 5.41) is 0. The minimum atomic E-state index is -3.60. The van der Waals surface area contributed by atoms with Crippen LogP contribution in [0.15, 0.2) is 54.3 Å². The van der Waals surface area contributed by atoms with Gasteiger partial charge in [-0.15, -0.1) is 11.6 Å². The van der Waals surface area contributed by atoms with E-state index >= 15 is 0 Å². The van der Waals surface area contributed by atoms with Crippen molar-refractivity contribution in [2.45, 2.75) is 32.3 Å². The van der Waals surface area contributed by atoms with Crippen molar-refractivity contribution in [3.05, 3.63) is 59.9 Å². The molecule has 0 aliphatic heterocycles.